The molecule has 0 fully saturated rings. The van der Waals surface area contributed by atoms with Gasteiger partial charge in [-0.2, -0.15) is 18.3 Å². The van der Waals surface area contributed by atoms with Crippen molar-refractivity contribution < 1.29 is 22.7 Å². The molecular formula is C19H15ClF3N3O2. The average molecular weight is 410 g/mol. The number of aromatic nitrogens is 3. The van der Waals surface area contributed by atoms with E-state index in [4.69, 9.17) is 16.3 Å². The Kier molecular flexibility index (Phi) is 5.42. The number of ether oxygens (including phenoxy) is 1. The van der Waals surface area contributed by atoms with Gasteiger partial charge in [0, 0.05) is 11.3 Å². The number of pyridine rings is 1. The van der Waals surface area contributed by atoms with Gasteiger partial charge in [-0.05, 0) is 38.1 Å². The van der Waals surface area contributed by atoms with Crippen LogP contribution in [0.1, 0.15) is 33.0 Å². The van der Waals surface area contributed by atoms with Crippen molar-refractivity contribution in [2.24, 2.45) is 0 Å². The van der Waals surface area contributed by atoms with Gasteiger partial charge in [0.1, 0.15) is 6.61 Å². The Morgan fingerprint density at radius 2 is 1.89 bits per heavy atom. The van der Waals surface area contributed by atoms with Crippen molar-refractivity contribution in [3.05, 3.63) is 75.7 Å². The number of benzene rings is 1. The Hall–Kier alpha value is -2.87. The van der Waals surface area contributed by atoms with Gasteiger partial charge in [-0.25, -0.2) is 14.5 Å². The fourth-order valence-corrected chi connectivity index (χ4v) is 2.87. The molecule has 0 N–H and O–H groups in total. The molecule has 9 heteroatoms. The fraction of sp³-hybridized carbons (Fsp3) is 0.211. The zero-order valence-corrected chi connectivity index (χ0v) is 15.7. The summed E-state index contributed by atoms with van der Waals surface area (Å²) < 4.78 is 45.7. The van der Waals surface area contributed by atoms with Gasteiger partial charge < -0.3 is 4.74 Å². The second-order valence-corrected chi connectivity index (χ2v) is 6.48. The molecule has 0 saturated carbocycles. The maximum Gasteiger partial charge on any atom is 0.416 e. The lowest BCUT2D eigenvalue weighted by atomic mass is 10.1. The lowest BCUT2D eigenvalue weighted by Crippen LogP contribution is -2.14. The van der Waals surface area contributed by atoms with E-state index in [1.807, 2.05) is 19.9 Å². The molecule has 146 valence electrons. The maximum absolute atomic E-state index is 13.1. The number of aryl methyl sites for hydroxylation is 2. The standard InChI is InChI=1S/C19H15ClF3N3O2/c1-11-9-12(2)26(25-11)16-8-7-15(20)17(24-16)18(27)28-10-13-5-3-4-6-14(13)19(21,22)23/h3-9H,10H2,1-2H3. The Morgan fingerprint density at radius 3 is 2.54 bits per heavy atom. The molecule has 2 aromatic heterocycles. The van der Waals surface area contributed by atoms with E-state index in [2.05, 4.69) is 10.1 Å². The zero-order valence-electron chi connectivity index (χ0n) is 14.9. The highest BCUT2D eigenvalue weighted by molar-refractivity contribution is 6.33. The van der Waals surface area contributed by atoms with Crippen LogP contribution < -0.4 is 0 Å². The highest BCUT2D eigenvalue weighted by Gasteiger charge is 2.33. The summed E-state index contributed by atoms with van der Waals surface area (Å²) in [5.74, 6) is -0.581. The van der Waals surface area contributed by atoms with Crippen LogP contribution in [0.2, 0.25) is 5.02 Å². The van der Waals surface area contributed by atoms with Gasteiger partial charge in [-0.3, -0.25) is 0 Å². The first-order chi connectivity index (χ1) is 13.2. The van der Waals surface area contributed by atoms with E-state index >= 15 is 0 Å². The van der Waals surface area contributed by atoms with Gasteiger partial charge in [-0.15, -0.1) is 0 Å². The molecule has 0 bridgehead atoms. The molecule has 0 aliphatic carbocycles. The van der Waals surface area contributed by atoms with Gasteiger partial charge in [0.15, 0.2) is 11.5 Å². The van der Waals surface area contributed by atoms with Crippen LogP contribution in [-0.2, 0) is 17.5 Å². The number of rotatable bonds is 4. The van der Waals surface area contributed by atoms with Crippen LogP contribution in [-0.4, -0.2) is 20.7 Å². The quantitative estimate of drug-likeness (QED) is 0.574. The molecule has 0 atom stereocenters. The second-order valence-electron chi connectivity index (χ2n) is 6.07. The molecule has 3 rings (SSSR count). The van der Waals surface area contributed by atoms with Crippen molar-refractivity contribution in [1.29, 1.82) is 0 Å². The molecule has 0 radical (unpaired) electrons. The molecule has 0 aliphatic heterocycles. The maximum atomic E-state index is 13.1. The lowest BCUT2D eigenvalue weighted by molar-refractivity contribution is -0.138. The second kappa shape index (κ2) is 7.63. The molecular weight excluding hydrogens is 395 g/mol. The fourth-order valence-electron chi connectivity index (χ4n) is 2.69. The summed E-state index contributed by atoms with van der Waals surface area (Å²) >= 11 is 6.04. The van der Waals surface area contributed by atoms with Gasteiger partial charge in [0.25, 0.3) is 0 Å². The monoisotopic (exact) mass is 409 g/mol. The van der Waals surface area contributed by atoms with Crippen LogP contribution in [0.15, 0.2) is 42.5 Å². The van der Waals surface area contributed by atoms with Crippen molar-refractivity contribution in [3.8, 4) is 5.82 Å². The van der Waals surface area contributed by atoms with E-state index in [0.29, 0.717) is 5.82 Å². The number of halogens is 4. The van der Waals surface area contributed by atoms with Crippen molar-refractivity contribution in [3.63, 3.8) is 0 Å². The van der Waals surface area contributed by atoms with Crippen LogP contribution in [0, 0.1) is 13.8 Å². The lowest BCUT2D eigenvalue weighted by Gasteiger charge is -2.13. The minimum Gasteiger partial charge on any atom is -0.456 e. The van der Waals surface area contributed by atoms with Crippen LogP contribution in [0.4, 0.5) is 13.2 Å². The van der Waals surface area contributed by atoms with E-state index in [1.54, 1.807) is 6.07 Å². The average Bonchev–Trinajstić information content (AvgIpc) is 2.98. The topological polar surface area (TPSA) is 57.0 Å². The normalized spacial score (nSPS) is 11.5. The van der Waals surface area contributed by atoms with Crippen molar-refractivity contribution in [2.45, 2.75) is 26.6 Å². The Balaban J connectivity index is 1.84. The number of alkyl halides is 3. The summed E-state index contributed by atoms with van der Waals surface area (Å²) in [6, 6.07) is 9.76. The minimum atomic E-state index is -4.55. The molecule has 0 amide bonds. The molecule has 0 saturated heterocycles. The first-order valence-electron chi connectivity index (χ1n) is 8.19. The summed E-state index contributed by atoms with van der Waals surface area (Å²) in [5, 5.41) is 4.30. The van der Waals surface area contributed by atoms with Gasteiger partial charge >= 0.3 is 12.1 Å². The first kappa shape index (κ1) is 19.9. The predicted octanol–water partition coefficient (Wildman–Crippen LogP) is 4.91. The van der Waals surface area contributed by atoms with Crippen LogP contribution in [0.5, 0.6) is 0 Å². The highest BCUT2D eigenvalue weighted by Crippen LogP contribution is 2.32. The van der Waals surface area contributed by atoms with E-state index in [-0.39, 0.29) is 16.3 Å². The highest BCUT2D eigenvalue weighted by atomic mass is 35.5. The number of nitrogens with zero attached hydrogens (tertiary/aromatic N) is 3. The van der Waals surface area contributed by atoms with Crippen molar-refractivity contribution in [2.75, 3.05) is 0 Å². The van der Waals surface area contributed by atoms with Crippen molar-refractivity contribution in [1.82, 2.24) is 14.8 Å². The van der Waals surface area contributed by atoms with Crippen LogP contribution in [0.25, 0.3) is 5.82 Å². The molecule has 2 heterocycles. The predicted molar refractivity (Wildman–Crippen MR) is 96.4 cm³/mol. The Morgan fingerprint density at radius 1 is 1.18 bits per heavy atom. The van der Waals surface area contributed by atoms with E-state index in [9.17, 15) is 18.0 Å². The Labute approximate surface area is 163 Å². The molecule has 0 unspecified atom stereocenters. The molecule has 3 aromatic rings. The van der Waals surface area contributed by atoms with E-state index in [1.165, 1.54) is 28.9 Å². The largest absolute Gasteiger partial charge is 0.456 e. The first-order valence-corrected chi connectivity index (χ1v) is 8.57. The summed E-state index contributed by atoms with van der Waals surface area (Å²) in [6.07, 6.45) is -4.55. The van der Waals surface area contributed by atoms with E-state index in [0.717, 1.165) is 17.5 Å². The number of hydrogen-bond donors (Lipinski definition) is 0. The van der Waals surface area contributed by atoms with Gasteiger partial charge in [0.2, 0.25) is 0 Å². The number of esters is 1. The Bertz CT molecular complexity index is 1030. The van der Waals surface area contributed by atoms with Gasteiger partial charge in [0.05, 0.1) is 16.3 Å². The molecule has 0 aliphatic rings. The van der Waals surface area contributed by atoms with Gasteiger partial charge in [-0.1, -0.05) is 29.8 Å². The number of carbonyl (C=O) groups excluding carboxylic acids is 1. The summed E-state index contributed by atoms with van der Waals surface area (Å²) in [4.78, 5) is 16.6. The van der Waals surface area contributed by atoms with E-state index < -0.39 is 24.3 Å². The number of hydrogen-bond acceptors (Lipinski definition) is 4. The third-order valence-electron chi connectivity index (χ3n) is 3.93. The van der Waals surface area contributed by atoms with Crippen molar-refractivity contribution >= 4 is 17.6 Å². The molecule has 1 aromatic carbocycles. The minimum absolute atomic E-state index is 0.0272. The summed E-state index contributed by atoms with van der Waals surface area (Å²) in [5.41, 5.74) is 0.344. The SMILES string of the molecule is Cc1cc(C)n(-c2ccc(Cl)c(C(=O)OCc3ccccc3C(F)(F)F)n2)n1. The zero-order chi connectivity index (χ0) is 20.5. The van der Waals surface area contributed by atoms with Crippen LogP contribution in [0.3, 0.4) is 0 Å². The van der Waals surface area contributed by atoms with Crippen LogP contribution >= 0.6 is 11.6 Å². The smallest absolute Gasteiger partial charge is 0.416 e. The molecule has 28 heavy (non-hydrogen) atoms. The number of carbonyl (C=O) groups is 1. The summed E-state index contributed by atoms with van der Waals surface area (Å²) in [7, 11) is 0. The summed E-state index contributed by atoms with van der Waals surface area (Å²) in [6.45, 7) is 3.08. The third kappa shape index (κ3) is 4.17. The molecule has 0 spiro atoms. The third-order valence-corrected chi connectivity index (χ3v) is 4.24. The molecule has 5 nitrogen and oxygen atoms in total.